The van der Waals surface area contributed by atoms with Crippen molar-refractivity contribution in [3.63, 3.8) is 0 Å². The van der Waals surface area contributed by atoms with Crippen molar-refractivity contribution in [2.45, 2.75) is 6.92 Å². The van der Waals surface area contributed by atoms with E-state index in [4.69, 9.17) is 0 Å². The summed E-state index contributed by atoms with van der Waals surface area (Å²) in [6, 6.07) is 25.5. The van der Waals surface area contributed by atoms with Crippen LogP contribution in [0.15, 0.2) is 84.9 Å². The van der Waals surface area contributed by atoms with Gasteiger partial charge in [0, 0.05) is 16.5 Å². The van der Waals surface area contributed by atoms with Gasteiger partial charge in [0.2, 0.25) is 5.78 Å². The second-order valence-corrected chi connectivity index (χ2v) is 6.47. The lowest BCUT2D eigenvalue weighted by atomic mass is 9.95. The number of nitrogens with zero attached hydrogens (tertiary/aromatic N) is 1. The highest BCUT2D eigenvalue weighted by molar-refractivity contribution is 6.19. The molecule has 0 spiro atoms. The van der Waals surface area contributed by atoms with Gasteiger partial charge in [-0.15, -0.1) is 0 Å². The molecule has 0 amide bonds. The molecule has 27 heavy (non-hydrogen) atoms. The van der Waals surface area contributed by atoms with E-state index in [1.165, 1.54) is 0 Å². The van der Waals surface area contributed by atoms with E-state index in [-0.39, 0.29) is 17.3 Å². The van der Waals surface area contributed by atoms with E-state index in [0.717, 1.165) is 10.9 Å². The van der Waals surface area contributed by atoms with Gasteiger partial charge in [0.25, 0.3) is 0 Å². The van der Waals surface area contributed by atoms with Gasteiger partial charge in [-0.1, -0.05) is 72.3 Å². The normalized spacial score (nSPS) is 10.7. The quantitative estimate of drug-likeness (QED) is 0.486. The Morgan fingerprint density at radius 3 is 1.93 bits per heavy atom. The molecule has 1 aromatic heterocycles. The van der Waals surface area contributed by atoms with Gasteiger partial charge in [-0.05, 0) is 25.1 Å². The van der Waals surface area contributed by atoms with Crippen LogP contribution >= 0.6 is 0 Å². The van der Waals surface area contributed by atoms with Crippen LogP contribution in [0.5, 0.6) is 0 Å². The Morgan fingerprint density at radius 2 is 1.30 bits per heavy atom. The monoisotopic (exact) mass is 351 g/mol. The molecule has 3 nitrogen and oxygen atoms in total. The van der Waals surface area contributed by atoms with Crippen LogP contribution in [0.4, 0.5) is 0 Å². The Morgan fingerprint density at radius 1 is 0.704 bits per heavy atom. The summed E-state index contributed by atoms with van der Waals surface area (Å²) < 4.78 is 0. The number of benzene rings is 3. The smallest absolute Gasteiger partial charge is 0.212 e. The van der Waals surface area contributed by atoms with Crippen molar-refractivity contribution in [1.82, 2.24) is 4.98 Å². The Balaban J connectivity index is 1.94. The second kappa shape index (κ2) is 6.96. The number of rotatable bonds is 4. The zero-order chi connectivity index (χ0) is 18.8. The maximum Gasteiger partial charge on any atom is 0.212 e. The molecule has 0 bridgehead atoms. The summed E-state index contributed by atoms with van der Waals surface area (Å²) in [7, 11) is 0. The summed E-state index contributed by atoms with van der Waals surface area (Å²) in [5.41, 5.74) is 3.33. The number of hydrogen-bond acceptors (Lipinski definition) is 3. The Bertz CT molecular complexity index is 1150. The van der Waals surface area contributed by atoms with E-state index >= 15 is 0 Å². The summed E-state index contributed by atoms with van der Waals surface area (Å²) in [4.78, 5) is 30.8. The molecule has 0 saturated heterocycles. The summed E-state index contributed by atoms with van der Waals surface area (Å²) >= 11 is 0. The minimum Gasteiger partial charge on any atom is -0.289 e. The van der Waals surface area contributed by atoms with Gasteiger partial charge >= 0.3 is 0 Å². The maximum atomic E-state index is 13.1. The fraction of sp³-hybridized carbons (Fsp3) is 0.0417. The molecule has 0 atom stereocenters. The van der Waals surface area contributed by atoms with Gasteiger partial charge in [0.15, 0.2) is 5.78 Å². The van der Waals surface area contributed by atoms with Crippen molar-refractivity contribution in [3.05, 3.63) is 113 Å². The standard InChI is InChI=1S/C24H17NO2/c1-16-12-13-21-19(14-16)15-20(23(26)17-8-4-2-5-9-17)22(25-21)24(27)18-10-6-3-7-11-18/h2-15H,1H3. The van der Waals surface area contributed by atoms with Gasteiger partial charge < -0.3 is 0 Å². The third-order valence-electron chi connectivity index (χ3n) is 4.50. The number of fused-ring (bicyclic) bond motifs is 1. The van der Waals surface area contributed by atoms with Crippen molar-refractivity contribution < 1.29 is 9.59 Å². The van der Waals surface area contributed by atoms with Crippen LogP contribution in [0.2, 0.25) is 0 Å². The summed E-state index contributed by atoms with van der Waals surface area (Å²) in [6.45, 7) is 1.99. The van der Waals surface area contributed by atoms with E-state index in [0.29, 0.717) is 22.2 Å². The molecule has 0 aliphatic carbocycles. The summed E-state index contributed by atoms with van der Waals surface area (Å²) in [6.07, 6.45) is 0. The minimum atomic E-state index is -0.252. The van der Waals surface area contributed by atoms with Crippen molar-refractivity contribution in [1.29, 1.82) is 0 Å². The SMILES string of the molecule is Cc1ccc2nc(C(=O)c3ccccc3)c(C(=O)c3ccccc3)cc2c1. The molecule has 0 saturated carbocycles. The molecule has 3 aromatic carbocycles. The first-order valence-corrected chi connectivity index (χ1v) is 8.74. The third-order valence-corrected chi connectivity index (χ3v) is 4.50. The lowest BCUT2D eigenvalue weighted by molar-refractivity contribution is 0.1000. The minimum absolute atomic E-state index is 0.186. The first-order valence-electron chi connectivity index (χ1n) is 8.74. The molecule has 4 aromatic rings. The average molecular weight is 351 g/mol. The van der Waals surface area contributed by atoms with Crippen LogP contribution in [-0.4, -0.2) is 16.6 Å². The maximum absolute atomic E-state index is 13.1. The molecule has 0 radical (unpaired) electrons. The van der Waals surface area contributed by atoms with Gasteiger partial charge in [-0.2, -0.15) is 0 Å². The molecule has 4 rings (SSSR count). The lowest BCUT2D eigenvalue weighted by Crippen LogP contribution is -2.13. The lowest BCUT2D eigenvalue weighted by Gasteiger charge is -2.10. The summed E-state index contributed by atoms with van der Waals surface area (Å²) in [5, 5.41) is 0.846. The van der Waals surface area contributed by atoms with Crippen LogP contribution in [0.3, 0.4) is 0 Å². The molecule has 3 heteroatoms. The largest absolute Gasteiger partial charge is 0.289 e. The third kappa shape index (κ3) is 3.27. The fourth-order valence-electron chi connectivity index (χ4n) is 3.11. The number of aryl methyl sites for hydroxylation is 1. The number of carbonyl (C=O) groups excluding carboxylic acids is 2. The van der Waals surface area contributed by atoms with Crippen LogP contribution in [-0.2, 0) is 0 Å². The molecule has 0 fully saturated rings. The zero-order valence-electron chi connectivity index (χ0n) is 14.8. The molecule has 130 valence electrons. The number of hydrogen-bond donors (Lipinski definition) is 0. The second-order valence-electron chi connectivity index (χ2n) is 6.47. The van der Waals surface area contributed by atoms with Crippen LogP contribution in [0.25, 0.3) is 10.9 Å². The van der Waals surface area contributed by atoms with E-state index in [9.17, 15) is 9.59 Å². The predicted octanol–water partition coefficient (Wildman–Crippen LogP) is 5.01. The fourth-order valence-corrected chi connectivity index (χ4v) is 3.11. The molecular formula is C24H17NO2. The number of aromatic nitrogens is 1. The van der Waals surface area contributed by atoms with E-state index in [1.807, 2.05) is 49.4 Å². The molecule has 0 N–H and O–H groups in total. The first-order chi connectivity index (χ1) is 13.1. The van der Waals surface area contributed by atoms with Crippen LogP contribution in [0, 0.1) is 6.92 Å². The van der Waals surface area contributed by atoms with E-state index in [2.05, 4.69) is 4.98 Å². The Kier molecular flexibility index (Phi) is 4.35. The average Bonchev–Trinajstić information content (AvgIpc) is 2.73. The molecular weight excluding hydrogens is 334 g/mol. The van der Waals surface area contributed by atoms with Crippen molar-refractivity contribution >= 4 is 22.5 Å². The Hall–Kier alpha value is -3.59. The van der Waals surface area contributed by atoms with Gasteiger partial charge in [-0.3, -0.25) is 9.59 Å². The van der Waals surface area contributed by atoms with Gasteiger partial charge in [0.05, 0.1) is 11.1 Å². The number of carbonyl (C=O) groups is 2. The first kappa shape index (κ1) is 16.9. The highest BCUT2D eigenvalue weighted by Crippen LogP contribution is 2.23. The van der Waals surface area contributed by atoms with E-state index in [1.54, 1.807) is 42.5 Å². The van der Waals surface area contributed by atoms with Crippen molar-refractivity contribution in [3.8, 4) is 0 Å². The zero-order valence-corrected chi connectivity index (χ0v) is 14.8. The van der Waals surface area contributed by atoms with Gasteiger partial charge in [0.1, 0.15) is 5.69 Å². The Labute approximate surface area is 157 Å². The number of ketones is 2. The van der Waals surface area contributed by atoms with Gasteiger partial charge in [-0.25, -0.2) is 4.98 Å². The van der Waals surface area contributed by atoms with Crippen LogP contribution in [0.1, 0.15) is 37.5 Å². The molecule has 1 heterocycles. The molecule has 0 unspecified atom stereocenters. The van der Waals surface area contributed by atoms with Crippen molar-refractivity contribution in [2.75, 3.05) is 0 Å². The van der Waals surface area contributed by atoms with Crippen molar-refractivity contribution in [2.24, 2.45) is 0 Å². The highest BCUT2D eigenvalue weighted by atomic mass is 16.1. The topological polar surface area (TPSA) is 47.0 Å². The van der Waals surface area contributed by atoms with E-state index < -0.39 is 0 Å². The highest BCUT2D eigenvalue weighted by Gasteiger charge is 2.22. The molecule has 0 aliphatic heterocycles. The molecule has 0 aliphatic rings. The summed E-state index contributed by atoms with van der Waals surface area (Å²) in [5.74, 6) is -0.455. The predicted molar refractivity (Wildman–Crippen MR) is 106 cm³/mol. The van der Waals surface area contributed by atoms with Crippen LogP contribution < -0.4 is 0 Å². The number of pyridine rings is 1.